The highest BCUT2D eigenvalue weighted by atomic mass is 16.2. The van der Waals surface area contributed by atoms with Gasteiger partial charge in [-0.05, 0) is 30.2 Å². The van der Waals surface area contributed by atoms with Crippen LogP contribution in [0.5, 0.6) is 0 Å². The van der Waals surface area contributed by atoms with E-state index in [4.69, 9.17) is 0 Å². The van der Waals surface area contributed by atoms with Gasteiger partial charge in [-0.1, -0.05) is 60.2 Å². The normalized spacial score (nSPS) is 11.9. The van der Waals surface area contributed by atoms with Crippen LogP contribution in [-0.4, -0.2) is 22.4 Å². The molecule has 2 aromatic carbocycles. The number of hydrogen-bond acceptors (Lipinski definition) is 1. The van der Waals surface area contributed by atoms with Crippen LogP contribution in [0.1, 0.15) is 29.2 Å². The van der Waals surface area contributed by atoms with Crippen molar-refractivity contribution in [1.29, 1.82) is 0 Å². The third-order valence-corrected chi connectivity index (χ3v) is 4.47. The molecule has 128 valence electrons. The second-order valence-electron chi connectivity index (χ2n) is 6.50. The van der Waals surface area contributed by atoms with E-state index in [-0.39, 0.29) is 11.9 Å². The van der Waals surface area contributed by atoms with Gasteiger partial charge in [0.05, 0.1) is 12.5 Å². The lowest BCUT2D eigenvalue weighted by Crippen LogP contribution is -2.29. The van der Waals surface area contributed by atoms with E-state index in [2.05, 4.69) is 35.8 Å². The molecule has 25 heavy (non-hydrogen) atoms. The van der Waals surface area contributed by atoms with Crippen molar-refractivity contribution >= 4 is 5.91 Å². The first-order valence-electron chi connectivity index (χ1n) is 8.60. The molecule has 3 nitrogen and oxygen atoms in total. The van der Waals surface area contributed by atoms with Crippen molar-refractivity contribution in [2.24, 2.45) is 0 Å². The molecule has 3 rings (SSSR count). The molecule has 1 amide bonds. The first kappa shape index (κ1) is 17.0. The molecular formula is C22H24N2O. The molecule has 0 radical (unpaired) electrons. The molecule has 0 N–H and O–H groups in total. The van der Waals surface area contributed by atoms with E-state index in [1.165, 1.54) is 5.56 Å². The smallest absolute Gasteiger partial charge is 0.225 e. The van der Waals surface area contributed by atoms with Crippen LogP contribution in [0, 0.1) is 6.92 Å². The lowest BCUT2D eigenvalue weighted by molar-refractivity contribution is -0.131. The minimum atomic E-state index is 0.0145. The van der Waals surface area contributed by atoms with Crippen LogP contribution < -0.4 is 0 Å². The molecule has 0 spiro atoms. The SMILES string of the molecule is Cc1cccc([C@H](CC(=O)N(C)Cc2ccccc2)n2cccc2)c1. The number of nitrogens with zero attached hydrogens (tertiary/aromatic N) is 2. The summed E-state index contributed by atoms with van der Waals surface area (Å²) < 4.78 is 2.11. The Morgan fingerprint density at radius 2 is 1.72 bits per heavy atom. The molecule has 0 bridgehead atoms. The Morgan fingerprint density at radius 3 is 2.40 bits per heavy atom. The molecule has 0 saturated carbocycles. The fraction of sp³-hybridized carbons (Fsp3) is 0.227. The van der Waals surface area contributed by atoms with E-state index in [0.29, 0.717) is 13.0 Å². The van der Waals surface area contributed by atoms with Crippen LogP contribution in [0.3, 0.4) is 0 Å². The summed E-state index contributed by atoms with van der Waals surface area (Å²) in [6, 6.07) is 22.5. The number of hydrogen-bond donors (Lipinski definition) is 0. The van der Waals surface area contributed by atoms with Crippen molar-refractivity contribution in [3.05, 3.63) is 95.8 Å². The second kappa shape index (κ2) is 7.84. The van der Waals surface area contributed by atoms with Crippen LogP contribution in [0.4, 0.5) is 0 Å². The standard InChI is InChI=1S/C22H24N2O/c1-18-9-8-12-20(15-18)21(24-13-6-7-14-24)16-22(25)23(2)17-19-10-4-3-5-11-19/h3-15,21H,16-17H2,1-2H3/t21-/m0/s1. The number of rotatable bonds is 6. The fourth-order valence-electron chi connectivity index (χ4n) is 3.10. The lowest BCUT2D eigenvalue weighted by Gasteiger charge is -2.24. The molecule has 0 saturated heterocycles. The maximum atomic E-state index is 12.8. The first-order valence-corrected chi connectivity index (χ1v) is 8.60. The van der Waals surface area contributed by atoms with Crippen LogP contribution in [0.25, 0.3) is 0 Å². The van der Waals surface area contributed by atoms with Gasteiger partial charge < -0.3 is 9.47 Å². The molecule has 0 fully saturated rings. The van der Waals surface area contributed by atoms with Crippen molar-refractivity contribution < 1.29 is 4.79 Å². The highest BCUT2D eigenvalue weighted by Crippen LogP contribution is 2.24. The molecule has 0 aliphatic heterocycles. The third-order valence-electron chi connectivity index (χ3n) is 4.47. The Morgan fingerprint density at radius 1 is 1.00 bits per heavy atom. The molecule has 0 aliphatic carbocycles. The maximum Gasteiger partial charge on any atom is 0.225 e. The number of carbonyl (C=O) groups is 1. The predicted molar refractivity (Wildman–Crippen MR) is 101 cm³/mol. The Labute approximate surface area is 149 Å². The van der Waals surface area contributed by atoms with Crippen molar-refractivity contribution in [2.45, 2.75) is 25.9 Å². The quantitative estimate of drug-likeness (QED) is 0.655. The molecule has 1 heterocycles. The van der Waals surface area contributed by atoms with E-state index in [0.717, 1.165) is 11.1 Å². The van der Waals surface area contributed by atoms with Gasteiger partial charge in [0.1, 0.15) is 0 Å². The van der Waals surface area contributed by atoms with Crippen LogP contribution >= 0.6 is 0 Å². The van der Waals surface area contributed by atoms with Gasteiger partial charge in [0.2, 0.25) is 5.91 Å². The summed E-state index contributed by atoms with van der Waals surface area (Å²) in [4.78, 5) is 14.6. The van der Waals surface area contributed by atoms with Crippen molar-refractivity contribution in [2.75, 3.05) is 7.05 Å². The van der Waals surface area contributed by atoms with Gasteiger partial charge in [0, 0.05) is 26.0 Å². The Balaban J connectivity index is 1.77. The number of amides is 1. The summed E-state index contributed by atoms with van der Waals surface area (Å²) in [5, 5.41) is 0. The number of carbonyl (C=O) groups excluding carboxylic acids is 1. The fourth-order valence-corrected chi connectivity index (χ4v) is 3.10. The molecule has 3 aromatic rings. The summed E-state index contributed by atoms with van der Waals surface area (Å²) in [5.41, 5.74) is 3.52. The zero-order valence-corrected chi connectivity index (χ0v) is 14.8. The van der Waals surface area contributed by atoms with Gasteiger partial charge in [-0.2, -0.15) is 0 Å². The van der Waals surface area contributed by atoms with Gasteiger partial charge >= 0.3 is 0 Å². The van der Waals surface area contributed by atoms with Gasteiger partial charge in [-0.25, -0.2) is 0 Å². The first-order chi connectivity index (χ1) is 12.1. The molecule has 1 aromatic heterocycles. The van der Waals surface area contributed by atoms with Gasteiger partial charge in [0.15, 0.2) is 0 Å². The zero-order valence-electron chi connectivity index (χ0n) is 14.8. The number of benzene rings is 2. The van der Waals surface area contributed by atoms with Crippen molar-refractivity contribution in [3.63, 3.8) is 0 Å². The van der Waals surface area contributed by atoms with Crippen LogP contribution in [0.15, 0.2) is 79.1 Å². The average Bonchev–Trinajstić information content (AvgIpc) is 3.14. The van der Waals surface area contributed by atoms with Gasteiger partial charge in [-0.3, -0.25) is 4.79 Å². The average molecular weight is 332 g/mol. The van der Waals surface area contributed by atoms with E-state index < -0.39 is 0 Å². The van der Waals surface area contributed by atoms with Crippen molar-refractivity contribution in [1.82, 2.24) is 9.47 Å². The molecule has 1 atom stereocenters. The Kier molecular flexibility index (Phi) is 5.34. The van der Waals surface area contributed by atoms with E-state index in [9.17, 15) is 4.79 Å². The van der Waals surface area contributed by atoms with E-state index >= 15 is 0 Å². The monoisotopic (exact) mass is 332 g/mol. The summed E-state index contributed by atoms with van der Waals surface area (Å²) >= 11 is 0. The van der Waals surface area contributed by atoms with E-state index in [1.54, 1.807) is 0 Å². The molecule has 0 aliphatic rings. The third kappa shape index (κ3) is 4.38. The highest BCUT2D eigenvalue weighted by Gasteiger charge is 2.20. The van der Waals surface area contributed by atoms with Crippen LogP contribution in [0.2, 0.25) is 0 Å². The number of aromatic nitrogens is 1. The molecular weight excluding hydrogens is 308 g/mol. The zero-order chi connectivity index (χ0) is 17.6. The lowest BCUT2D eigenvalue weighted by atomic mass is 10.0. The van der Waals surface area contributed by atoms with Gasteiger partial charge in [0.25, 0.3) is 0 Å². The topological polar surface area (TPSA) is 25.2 Å². The largest absolute Gasteiger partial charge is 0.346 e. The Hall–Kier alpha value is -2.81. The highest BCUT2D eigenvalue weighted by molar-refractivity contribution is 5.76. The maximum absolute atomic E-state index is 12.8. The molecule has 0 unspecified atom stereocenters. The van der Waals surface area contributed by atoms with Gasteiger partial charge in [-0.15, -0.1) is 0 Å². The second-order valence-corrected chi connectivity index (χ2v) is 6.50. The van der Waals surface area contributed by atoms with Crippen molar-refractivity contribution in [3.8, 4) is 0 Å². The minimum Gasteiger partial charge on any atom is -0.346 e. The van der Waals surface area contributed by atoms with Crippen LogP contribution in [-0.2, 0) is 11.3 Å². The number of aryl methyl sites for hydroxylation is 1. The predicted octanol–water partition coefficient (Wildman–Crippen LogP) is 4.43. The summed E-state index contributed by atoms with van der Waals surface area (Å²) in [7, 11) is 1.87. The van der Waals surface area contributed by atoms with E-state index in [1.807, 2.05) is 66.8 Å². The minimum absolute atomic E-state index is 0.0145. The Bertz CT molecular complexity index is 809. The summed E-state index contributed by atoms with van der Waals surface area (Å²) in [6.07, 6.45) is 4.50. The molecule has 3 heteroatoms. The summed E-state index contributed by atoms with van der Waals surface area (Å²) in [5.74, 6) is 0.143. The summed E-state index contributed by atoms with van der Waals surface area (Å²) in [6.45, 7) is 2.71.